The van der Waals surface area contributed by atoms with Crippen LogP contribution in [-0.4, -0.2) is 29.2 Å². The quantitative estimate of drug-likeness (QED) is 0.752. The minimum absolute atomic E-state index is 0.0556. The Bertz CT molecular complexity index is 418. The van der Waals surface area contributed by atoms with Gasteiger partial charge in [0.05, 0.1) is 5.60 Å². The lowest BCUT2D eigenvalue weighted by atomic mass is 10.0. The van der Waals surface area contributed by atoms with Crippen molar-refractivity contribution in [3.63, 3.8) is 0 Å². The Morgan fingerprint density at radius 3 is 2.94 bits per heavy atom. The van der Waals surface area contributed by atoms with Crippen LogP contribution in [-0.2, 0) is 11.2 Å². The Labute approximate surface area is 107 Å². The topological polar surface area (TPSA) is 61.4 Å². The van der Waals surface area contributed by atoms with E-state index in [-0.39, 0.29) is 18.5 Å². The molecule has 0 aliphatic carbocycles. The molecule has 4 heteroatoms. The SMILES string of the molecule is CCC(C)(O)CNC(=O)[C@@H]1Cc2ccccc2N1. The number of amides is 1. The van der Waals surface area contributed by atoms with Crippen molar-refractivity contribution in [1.82, 2.24) is 5.32 Å². The molecule has 0 saturated carbocycles. The number of benzene rings is 1. The average Bonchev–Trinajstić information content (AvgIpc) is 2.80. The third kappa shape index (κ3) is 2.82. The molecule has 18 heavy (non-hydrogen) atoms. The molecule has 1 aromatic carbocycles. The lowest BCUT2D eigenvalue weighted by Gasteiger charge is -2.22. The van der Waals surface area contributed by atoms with Crippen molar-refractivity contribution in [2.45, 2.75) is 38.3 Å². The summed E-state index contributed by atoms with van der Waals surface area (Å²) < 4.78 is 0. The van der Waals surface area contributed by atoms with Crippen molar-refractivity contribution in [2.24, 2.45) is 0 Å². The Balaban J connectivity index is 1.90. The van der Waals surface area contributed by atoms with Gasteiger partial charge in [-0.05, 0) is 25.0 Å². The van der Waals surface area contributed by atoms with Gasteiger partial charge in [-0.3, -0.25) is 4.79 Å². The monoisotopic (exact) mass is 248 g/mol. The Hall–Kier alpha value is -1.55. The summed E-state index contributed by atoms with van der Waals surface area (Å²) in [6, 6.07) is 7.70. The Morgan fingerprint density at radius 1 is 1.56 bits per heavy atom. The molecule has 0 aromatic heterocycles. The molecule has 0 bridgehead atoms. The van der Waals surface area contributed by atoms with E-state index in [1.807, 2.05) is 31.2 Å². The highest BCUT2D eigenvalue weighted by atomic mass is 16.3. The van der Waals surface area contributed by atoms with Crippen LogP contribution in [0.25, 0.3) is 0 Å². The van der Waals surface area contributed by atoms with Gasteiger partial charge < -0.3 is 15.7 Å². The average molecular weight is 248 g/mol. The number of nitrogens with one attached hydrogen (secondary N) is 2. The molecule has 1 aliphatic heterocycles. The normalized spacial score (nSPS) is 20.7. The van der Waals surface area contributed by atoms with Crippen molar-refractivity contribution < 1.29 is 9.90 Å². The number of para-hydroxylation sites is 1. The molecule has 1 aromatic rings. The van der Waals surface area contributed by atoms with E-state index < -0.39 is 5.60 Å². The van der Waals surface area contributed by atoms with E-state index >= 15 is 0 Å². The lowest BCUT2D eigenvalue weighted by molar-refractivity contribution is -0.122. The first kappa shape index (κ1) is 12.9. The van der Waals surface area contributed by atoms with Crippen molar-refractivity contribution in [1.29, 1.82) is 0 Å². The molecule has 1 heterocycles. The number of carbonyl (C=O) groups excluding carboxylic acids is 1. The molecule has 1 amide bonds. The molecule has 1 aliphatic rings. The fourth-order valence-electron chi connectivity index (χ4n) is 1.98. The minimum atomic E-state index is -0.832. The molecule has 0 fully saturated rings. The van der Waals surface area contributed by atoms with Crippen LogP contribution >= 0.6 is 0 Å². The van der Waals surface area contributed by atoms with Crippen molar-refractivity contribution in [3.8, 4) is 0 Å². The summed E-state index contributed by atoms with van der Waals surface area (Å²) in [5.74, 6) is -0.0556. The van der Waals surface area contributed by atoms with Crippen LogP contribution in [0.3, 0.4) is 0 Å². The summed E-state index contributed by atoms with van der Waals surface area (Å²) in [5.41, 5.74) is 1.36. The van der Waals surface area contributed by atoms with Gasteiger partial charge in [0.1, 0.15) is 6.04 Å². The van der Waals surface area contributed by atoms with Crippen LogP contribution in [0.4, 0.5) is 5.69 Å². The number of anilines is 1. The minimum Gasteiger partial charge on any atom is -0.388 e. The number of carbonyl (C=O) groups is 1. The summed E-state index contributed by atoms with van der Waals surface area (Å²) in [7, 11) is 0. The molecule has 0 saturated heterocycles. The molecule has 98 valence electrons. The lowest BCUT2D eigenvalue weighted by Crippen LogP contribution is -2.45. The van der Waals surface area contributed by atoms with E-state index in [2.05, 4.69) is 10.6 Å². The zero-order valence-electron chi connectivity index (χ0n) is 10.9. The predicted octanol–water partition coefficient (Wildman–Crippen LogP) is 1.30. The summed E-state index contributed by atoms with van der Waals surface area (Å²) in [4.78, 5) is 12.0. The highest BCUT2D eigenvalue weighted by Crippen LogP contribution is 2.25. The fraction of sp³-hybridized carbons (Fsp3) is 0.500. The summed E-state index contributed by atoms with van der Waals surface area (Å²) >= 11 is 0. The first-order valence-corrected chi connectivity index (χ1v) is 6.36. The van der Waals surface area contributed by atoms with E-state index in [0.29, 0.717) is 12.8 Å². The van der Waals surface area contributed by atoms with E-state index in [9.17, 15) is 9.90 Å². The summed E-state index contributed by atoms with van der Waals surface area (Å²) in [5, 5.41) is 15.8. The largest absolute Gasteiger partial charge is 0.388 e. The van der Waals surface area contributed by atoms with E-state index in [4.69, 9.17) is 0 Å². The number of hydrogen-bond donors (Lipinski definition) is 3. The van der Waals surface area contributed by atoms with Gasteiger partial charge in [0.15, 0.2) is 0 Å². The summed E-state index contributed by atoms with van der Waals surface area (Å²) in [6.07, 6.45) is 1.32. The number of aliphatic hydroxyl groups is 1. The maximum atomic E-state index is 12.0. The maximum Gasteiger partial charge on any atom is 0.242 e. The summed E-state index contributed by atoms with van der Waals surface area (Å²) in [6.45, 7) is 3.91. The molecule has 2 atom stereocenters. The second-order valence-electron chi connectivity index (χ2n) is 5.13. The number of hydrogen-bond acceptors (Lipinski definition) is 3. The molecule has 4 nitrogen and oxygen atoms in total. The first-order valence-electron chi connectivity index (χ1n) is 6.36. The Kier molecular flexibility index (Phi) is 3.57. The van der Waals surface area contributed by atoms with Crippen LogP contribution in [0.15, 0.2) is 24.3 Å². The van der Waals surface area contributed by atoms with E-state index in [0.717, 1.165) is 5.69 Å². The van der Waals surface area contributed by atoms with E-state index in [1.165, 1.54) is 5.56 Å². The van der Waals surface area contributed by atoms with Gasteiger partial charge in [0, 0.05) is 18.7 Å². The van der Waals surface area contributed by atoms with Gasteiger partial charge in [-0.2, -0.15) is 0 Å². The molecule has 0 spiro atoms. The predicted molar refractivity (Wildman–Crippen MR) is 71.5 cm³/mol. The van der Waals surface area contributed by atoms with Crippen molar-refractivity contribution in [3.05, 3.63) is 29.8 Å². The van der Waals surface area contributed by atoms with Gasteiger partial charge in [-0.1, -0.05) is 25.1 Å². The zero-order valence-corrected chi connectivity index (χ0v) is 10.9. The fourth-order valence-corrected chi connectivity index (χ4v) is 1.98. The molecule has 2 rings (SSSR count). The first-order chi connectivity index (χ1) is 8.52. The molecule has 3 N–H and O–H groups in total. The highest BCUT2D eigenvalue weighted by molar-refractivity contribution is 5.87. The molecular formula is C14H20N2O2. The van der Waals surface area contributed by atoms with Gasteiger partial charge in [0.25, 0.3) is 0 Å². The smallest absolute Gasteiger partial charge is 0.242 e. The van der Waals surface area contributed by atoms with Crippen LogP contribution < -0.4 is 10.6 Å². The molecule has 0 radical (unpaired) electrons. The number of rotatable bonds is 4. The number of fused-ring (bicyclic) bond motifs is 1. The maximum absolute atomic E-state index is 12.0. The zero-order chi connectivity index (χ0) is 13.2. The molecule has 1 unspecified atom stereocenters. The second-order valence-corrected chi connectivity index (χ2v) is 5.13. The molecular weight excluding hydrogens is 228 g/mol. The van der Waals surface area contributed by atoms with Crippen molar-refractivity contribution >= 4 is 11.6 Å². The van der Waals surface area contributed by atoms with Gasteiger partial charge in [-0.15, -0.1) is 0 Å². The van der Waals surface area contributed by atoms with Crippen molar-refractivity contribution in [2.75, 3.05) is 11.9 Å². The Morgan fingerprint density at radius 2 is 2.28 bits per heavy atom. The van der Waals surface area contributed by atoms with Crippen LogP contribution in [0, 0.1) is 0 Å². The van der Waals surface area contributed by atoms with Gasteiger partial charge in [-0.25, -0.2) is 0 Å². The third-order valence-corrected chi connectivity index (χ3v) is 3.49. The standard InChI is InChI=1S/C14H20N2O2/c1-3-14(2,18)9-15-13(17)12-8-10-6-4-5-7-11(10)16-12/h4-7,12,16,18H,3,8-9H2,1-2H3,(H,15,17)/t12-,14?/m0/s1. The van der Waals surface area contributed by atoms with Crippen LogP contribution in [0.1, 0.15) is 25.8 Å². The van der Waals surface area contributed by atoms with Crippen LogP contribution in [0.5, 0.6) is 0 Å². The van der Waals surface area contributed by atoms with Crippen LogP contribution in [0.2, 0.25) is 0 Å². The second kappa shape index (κ2) is 4.98. The highest BCUT2D eigenvalue weighted by Gasteiger charge is 2.27. The van der Waals surface area contributed by atoms with E-state index in [1.54, 1.807) is 6.92 Å². The van der Waals surface area contributed by atoms with Gasteiger partial charge in [0.2, 0.25) is 5.91 Å². The third-order valence-electron chi connectivity index (χ3n) is 3.49. The van der Waals surface area contributed by atoms with Gasteiger partial charge >= 0.3 is 0 Å².